The van der Waals surface area contributed by atoms with Gasteiger partial charge in [0.15, 0.2) is 0 Å². The van der Waals surface area contributed by atoms with Crippen molar-refractivity contribution in [3.8, 4) is 0 Å². The van der Waals surface area contributed by atoms with Gasteiger partial charge in [0.1, 0.15) is 0 Å². The number of hydrogen-bond donors (Lipinski definition) is 4. The topological polar surface area (TPSA) is 101 Å². The number of rotatable bonds is 7. The van der Waals surface area contributed by atoms with Crippen LogP contribution in [0.1, 0.15) is 19.8 Å². The maximum Gasteiger partial charge on any atom is 0.317 e. The minimum Gasteiger partial charge on any atom is -0.480 e. The highest BCUT2D eigenvalue weighted by atomic mass is 16.4. The van der Waals surface area contributed by atoms with Crippen LogP contribution in [0, 0.1) is 11.8 Å². The molecule has 0 unspecified atom stereocenters. The first kappa shape index (κ1) is 15.4. The van der Waals surface area contributed by atoms with Crippen LogP contribution in [0.3, 0.4) is 0 Å². The lowest BCUT2D eigenvalue weighted by molar-refractivity contribution is -0.138. The summed E-state index contributed by atoms with van der Waals surface area (Å²) < 4.78 is 0. The molecule has 6 heteroatoms. The third-order valence-corrected chi connectivity index (χ3v) is 3.78. The number of carboxylic acid groups (broad SMARTS) is 1. The highest BCUT2D eigenvalue weighted by molar-refractivity contribution is 5.69. The van der Waals surface area contributed by atoms with Crippen molar-refractivity contribution in [1.29, 1.82) is 0 Å². The fourth-order valence-corrected chi connectivity index (χ4v) is 2.59. The van der Waals surface area contributed by atoms with Gasteiger partial charge in [-0.1, -0.05) is 6.92 Å². The summed E-state index contributed by atoms with van der Waals surface area (Å²) in [6, 6.07) is 0. The molecule has 0 aromatic rings. The zero-order valence-corrected chi connectivity index (χ0v) is 10.7. The average Bonchev–Trinajstić information content (AvgIpc) is 2.61. The summed E-state index contributed by atoms with van der Waals surface area (Å²) in [5, 5.41) is 37.3. The molecule has 0 radical (unpaired) electrons. The Balaban J connectivity index is 2.41. The minimum absolute atomic E-state index is 0.00863. The van der Waals surface area contributed by atoms with Crippen LogP contribution < -0.4 is 0 Å². The monoisotopic (exact) mass is 261 g/mol. The van der Waals surface area contributed by atoms with E-state index in [0.717, 1.165) is 0 Å². The van der Waals surface area contributed by atoms with Gasteiger partial charge in [-0.05, 0) is 31.8 Å². The van der Waals surface area contributed by atoms with Crippen molar-refractivity contribution in [1.82, 2.24) is 4.90 Å². The van der Waals surface area contributed by atoms with Gasteiger partial charge in [0, 0.05) is 12.5 Å². The molecular weight excluding hydrogens is 238 g/mol. The molecule has 1 fully saturated rings. The third kappa shape index (κ3) is 3.91. The summed E-state index contributed by atoms with van der Waals surface area (Å²) in [5.74, 6) is -1.20. The van der Waals surface area contributed by atoms with Crippen molar-refractivity contribution in [2.45, 2.75) is 32.0 Å². The molecule has 0 aliphatic heterocycles. The van der Waals surface area contributed by atoms with Crippen LogP contribution in [-0.4, -0.2) is 69.7 Å². The predicted molar refractivity (Wildman–Crippen MR) is 65.1 cm³/mol. The lowest BCUT2D eigenvalue weighted by Crippen LogP contribution is -2.34. The molecule has 0 aromatic carbocycles. The largest absolute Gasteiger partial charge is 0.480 e. The molecule has 0 heterocycles. The van der Waals surface area contributed by atoms with E-state index in [1.807, 2.05) is 6.92 Å². The van der Waals surface area contributed by atoms with Crippen LogP contribution in [-0.2, 0) is 4.79 Å². The van der Waals surface area contributed by atoms with Crippen LogP contribution in [0.25, 0.3) is 0 Å². The third-order valence-electron chi connectivity index (χ3n) is 3.78. The smallest absolute Gasteiger partial charge is 0.317 e. The molecule has 1 aliphatic carbocycles. The van der Waals surface area contributed by atoms with E-state index in [9.17, 15) is 15.0 Å². The quantitative estimate of drug-likeness (QED) is 0.475. The number of likely N-dealkylation sites (N-methyl/N-ethyl adjacent to an activating group) is 1. The molecule has 4 atom stereocenters. The molecule has 0 bridgehead atoms. The summed E-state index contributed by atoms with van der Waals surface area (Å²) in [6.07, 6.45) is -0.459. The Hall–Kier alpha value is -0.690. The van der Waals surface area contributed by atoms with Crippen LogP contribution in [0.2, 0.25) is 0 Å². The van der Waals surface area contributed by atoms with Gasteiger partial charge in [-0.25, -0.2) is 0 Å². The minimum atomic E-state index is -0.866. The first-order valence-corrected chi connectivity index (χ1v) is 6.40. The van der Waals surface area contributed by atoms with Gasteiger partial charge in [-0.3, -0.25) is 9.69 Å². The van der Waals surface area contributed by atoms with E-state index in [4.69, 9.17) is 10.2 Å². The molecule has 1 rings (SSSR count). The standard InChI is InChI=1S/C12H23NO5/c1-2-13(6-10(15)16)4-3-8-5-9(7-14)12(18)11(8)17/h8-9,11-12,14,17-18H,2-7H2,1H3,(H,15,16)/t8-,9-,11-,12-/m0/s1. The van der Waals surface area contributed by atoms with Gasteiger partial charge in [0.25, 0.3) is 0 Å². The van der Waals surface area contributed by atoms with Crippen molar-refractivity contribution in [2.75, 3.05) is 26.2 Å². The SMILES string of the molecule is CCN(CC[C@H]1C[C@@H](CO)[C@H](O)[C@H]1O)CC(=O)O. The van der Waals surface area contributed by atoms with E-state index in [0.29, 0.717) is 25.9 Å². The van der Waals surface area contributed by atoms with Crippen molar-refractivity contribution < 1.29 is 25.2 Å². The van der Waals surface area contributed by atoms with E-state index >= 15 is 0 Å². The highest BCUT2D eigenvalue weighted by Gasteiger charge is 2.40. The molecular formula is C12H23NO5. The Morgan fingerprint density at radius 1 is 1.28 bits per heavy atom. The molecule has 0 saturated heterocycles. The van der Waals surface area contributed by atoms with E-state index in [2.05, 4.69) is 0 Å². The molecule has 0 aromatic heterocycles. The molecule has 6 nitrogen and oxygen atoms in total. The zero-order chi connectivity index (χ0) is 13.7. The normalized spacial score (nSPS) is 32.1. The number of carbonyl (C=O) groups is 1. The summed E-state index contributed by atoms with van der Waals surface area (Å²) in [4.78, 5) is 12.4. The maximum absolute atomic E-state index is 10.6. The van der Waals surface area contributed by atoms with Gasteiger partial charge in [-0.15, -0.1) is 0 Å². The van der Waals surface area contributed by atoms with Crippen LogP contribution >= 0.6 is 0 Å². The van der Waals surface area contributed by atoms with Gasteiger partial charge >= 0.3 is 5.97 Å². The average molecular weight is 261 g/mol. The van der Waals surface area contributed by atoms with Crippen LogP contribution in [0.15, 0.2) is 0 Å². The maximum atomic E-state index is 10.6. The predicted octanol–water partition coefficient (Wildman–Crippen LogP) is -0.867. The summed E-state index contributed by atoms with van der Waals surface area (Å²) in [7, 11) is 0. The van der Waals surface area contributed by atoms with Crippen molar-refractivity contribution in [2.24, 2.45) is 11.8 Å². The fourth-order valence-electron chi connectivity index (χ4n) is 2.59. The Morgan fingerprint density at radius 3 is 2.33 bits per heavy atom. The van der Waals surface area contributed by atoms with Gasteiger partial charge in [-0.2, -0.15) is 0 Å². The summed E-state index contributed by atoms with van der Waals surface area (Å²) >= 11 is 0. The number of aliphatic hydroxyl groups is 3. The molecule has 1 aliphatic rings. The second-order valence-electron chi connectivity index (χ2n) is 4.97. The first-order chi connectivity index (χ1) is 8.49. The van der Waals surface area contributed by atoms with Gasteiger partial charge in [0.05, 0.1) is 18.8 Å². The van der Waals surface area contributed by atoms with Gasteiger partial charge in [0.2, 0.25) is 0 Å². The van der Waals surface area contributed by atoms with Crippen molar-refractivity contribution in [3.05, 3.63) is 0 Å². The summed E-state index contributed by atoms with van der Waals surface area (Å²) in [6.45, 7) is 2.97. The molecule has 18 heavy (non-hydrogen) atoms. The second-order valence-corrected chi connectivity index (χ2v) is 4.97. The second kappa shape index (κ2) is 7.04. The van der Waals surface area contributed by atoms with Gasteiger partial charge < -0.3 is 20.4 Å². The van der Waals surface area contributed by atoms with Crippen LogP contribution in [0.4, 0.5) is 0 Å². The highest BCUT2D eigenvalue weighted by Crippen LogP contribution is 2.33. The summed E-state index contributed by atoms with van der Waals surface area (Å²) in [5.41, 5.74) is 0. The van der Waals surface area contributed by atoms with Crippen molar-refractivity contribution >= 4 is 5.97 Å². The Morgan fingerprint density at radius 2 is 1.89 bits per heavy atom. The Kier molecular flexibility index (Phi) is 6.01. The Bertz CT molecular complexity index is 273. The Labute approximate surface area is 107 Å². The number of nitrogens with zero attached hydrogens (tertiary/aromatic N) is 1. The van der Waals surface area contributed by atoms with Crippen molar-refractivity contribution in [3.63, 3.8) is 0 Å². The van der Waals surface area contributed by atoms with E-state index in [-0.39, 0.29) is 25.0 Å². The fraction of sp³-hybridized carbons (Fsp3) is 0.917. The molecule has 0 amide bonds. The van der Waals surface area contributed by atoms with E-state index in [1.165, 1.54) is 0 Å². The molecule has 106 valence electrons. The van der Waals surface area contributed by atoms with E-state index in [1.54, 1.807) is 4.90 Å². The molecule has 1 saturated carbocycles. The number of aliphatic hydroxyl groups excluding tert-OH is 3. The molecule has 0 spiro atoms. The zero-order valence-electron chi connectivity index (χ0n) is 10.7. The molecule has 4 N–H and O–H groups in total. The van der Waals surface area contributed by atoms with Crippen LogP contribution in [0.5, 0.6) is 0 Å². The number of carboxylic acids is 1. The lowest BCUT2D eigenvalue weighted by atomic mass is 10.0. The number of aliphatic carboxylic acids is 1. The number of hydrogen-bond acceptors (Lipinski definition) is 5. The first-order valence-electron chi connectivity index (χ1n) is 6.40. The van der Waals surface area contributed by atoms with E-state index < -0.39 is 18.2 Å². The lowest BCUT2D eigenvalue weighted by Gasteiger charge is -2.22.